The lowest BCUT2D eigenvalue weighted by atomic mass is 10.2. The Hall–Kier alpha value is -1.30. The summed E-state index contributed by atoms with van der Waals surface area (Å²) in [4.78, 5) is 1.40. The Morgan fingerprint density at radius 2 is 1.45 bits per heavy atom. The number of hydrogen-bond acceptors (Lipinski definition) is 3. The van der Waals surface area contributed by atoms with Crippen molar-refractivity contribution in [2.45, 2.75) is 29.6 Å². The first-order valence-corrected chi connectivity index (χ1v) is 10.2. The van der Waals surface area contributed by atoms with Crippen LogP contribution in [0.3, 0.4) is 0 Å². The van der Waals surface area contributed by atoms with Crippen LogP contribution in [0.5, 0.6) is 0 Å². The minimum atomic E-state index is -4.27. The second kappa shape index (κ2) is 7.81. The highest BCUT2D eigenvalue weighted by Gasteiger charge is 2.25. The Morgan fingerprint density at radius 3 is 1.95 bits per heavy atom. The van der Waals surface area contributed by atoms with E-state index in [0.717, 1.165) is 5.56 Å². The van der Waals surface area contributed by atoms with E-state index in [1.807, 2.05) is 6.92 Å². The van der Waals surface area contributed by atoms with Crippen molar-refractivity contribution in [2.24, 2.45) is 0 Å². The summed E-state index contributed by atoms with van der Waals surface area (Å²) in [5.41, 5.74) is 0.928. The first-order valence-electron chi connectivity index (χ1n) is 7.22. The van der Waals surface area contributed by atoms with Gasteiger partial charge in [-0.05, 0) is 44.0 Å². The molecular formula is C17H20O3S2. The van der Waals surface area contributed by atoms with Gasteiger partial charge in [-0.25, -0.2) is 8.42 Å². The molecule has 22 heavy (non-hydrogen) atoms. The fraction of sp³-hybridized carbons (Fsp3) is 0.294. The Labute approximate surface area is 135 Å². The van der Waals surface area contributed by atoms with E-state index in [4.69, 9.17) is 0 Å². The fourth-order valence-electron chi connectivity index (χ4n) is 2.21. The Balaban J connectivity index is 0.000000160. The maximum atomic E-state index is 10.4. The zero-order valence-corrected chi connectivity index (χ0v) is 14.2. The van der Waals surface area contributed by atoms with Crippen molar-refractivity contribution in [3.63, 3.8) is 0 Å². The van der Waals surface area contributed by atoms with Gasteiger partial charge in [-0.3, -0.25) is 0 Å². The van der Waals surface area contributed by atoms with Crippen molar-refractivity contribution in [3.05, 3.63) is 60.2 Å². The van der Waals surface area contributed by atoms with Gasteiger partial charge in [0.2, 0.25) is 0 Å². The lowest BCUT2D eigenvalue weighted by Gasteiger charge is -2.05. The molecule has 2 aromatic carbocycles. The molecule has 2 aromatic rings. The molecule has 1 aliphatic heterocycles. The van der Waals surface area contributed by atoms with E-state index in [0.29, 0.717) is 10.9 Å². The molecule has 0 atom stereocenters. The van der Waals surface area contributed by atoms with Crippen LogP contribution in [0, 0.1) is 6.92 Å². The van der Waals surface area contributed by atoms with Crippen LogP contribution in [0.2, 0.25) is 0 Å². The van der Waals surface area contributed by atoms with Crippen LogP contribution in [0.4, 0.5) is 0 Å². The van der Waals surface area contributed by atoms with E-state index in [-0.39, 0.29) is 4.90 Å². The molecule has 1 fully saturated rings. The Bertz CT molecular complexity index is 674. The first kappa shape index (κ1) is 17.1. The summed E-state index contributed by atoms with van der Waals surface area (Å²) in [6.45, 7) is 1.82. The number of benzene rings is 2. The molecule has 0 saturated carbocycles. The molecule has 3 rings (SSSR count). The minimum absolute atomic E-state index is 0.178. The fourth-order valence-corrected chi connectivity index (χ4v) is 5.00. The summed E-state index contributed by atoms with van der Waals surface area (Å²) in [5, 5.41) is 0. The minimum Gasteiger partial charge on any atom is -0.744 e. The van der Waals surface area contributed by atoms with Crippen molar-refractivity contribution < 1.29 is 13.0 Å². The van der Waals surface area contributed by atoms with Gasteiger partial charge in [0.1, 0.15) is 21.6 Å². The normalized spacial score (nSPS) is 15.2. The second-order valence-corrected chi connectivity index (χ2v) is 8.84. The van der Waals surface area contributed by atoms with Gasteiger partial charge in [0.05, 0.1) is 4.90 Å². The van der Waals surface area contributed by atoms with Crippen molar-refractivity contribution >= 4 is 21.0 Å². The van der Waals surface area contributed by atoms with Gasteiger partial charge in [-0.2, -0.15) is 0 Å². The van der Waals surface area contributed by atoms with Crippen LogP contribution in [0.15, 0.2) is 64.4 Å². The van der Waals surface area contributed by atoms with Crippen molar-refractivity contribution in [1.29, 1.82) is 0 Å². The molecule has 3 nitrogen and oxygen atoms in total. The molecule has 0 aliphatic carbocycles. The van der Waals surface area contributed by atoms with E-state index in [9.17, 15) is 13.0 Å². The van der Waals surface area contributed by atoms with Gasteiger partial charge in [-0.15, -0.1) is 0 Å². The average molecular weight is 336 g/mol. The summed E-state index contributed by atoms with van der Waals surface area (Å²) in [5.74, 6) is 2.87. The SMILES string of the molecule is Cc1ccc(S(=O)(=O)[O-])cc1.c1ccc([S+]2CCCC2)cc1. The summed E-state index contributed by atoms with van der Waals surface area (Å²) < 4.78 is 31.2. The van der Waals surface area contributed by atoms with Gasteiger partial charge >= 0.3 is 0 Å². The molecule has 1 heterocycles. The second-order valence-electron chi connectivity index (χ2n) is 5.19. The molecule has 118 valence electrons. The zero-order valence-electron chi connectivity index (χ0n) is 12.6. The molecule has 0 unspecified atom stereocenters. The van der Waals surface area contributed by atoms with E-state index < -0.39 is 10.1 Å². The van der Waals surface area contributed by atoms with Gasteiger partial charge in [0, 0.05) is 10.9 Å². The molecule has 0 radical (unpaired) electrons. The van der Waals surface area contributed by atoms with Crippen LogP contribution in [-0.4, -0.2) is 24.5 Å². The predicted octanol–water partition coefficient (Wildman–Crippen LogP) is 3.36. The number of rotatable bonds is 2. The van der Waals surface area contributed by atoms with Crippen molar-refractivity contribution in [2.75, 3.05) is 11.5 Å². The van der Waals surface area contributed by atoms with Crippen LogP contribution in [0.1, 0.15) is 18.4 Å². The summed E-state index contributed by atoms with van der Waals surface area (Å²) in [6.07, 6.45) is 2.88. The highest BCUT2D eigenvalue weighted by molar-refractivity contribution is 7.97. The van der Waals surface area contributed by atoms with E-state index in [1.165, 1.54) is 36.5 Å². The van der Waals surface area contributed by atoms with E-state index in [2.05, 4.69) is 30.3 Å². The van der Waals surface area contributed by atoms with E-state index in [1.54, 1.807) is 17.0 Å². The Kier molecular flexibility index (Phi) is 6.06. The smallest absolute Gasteiger partial charge is 0.154 e. The molecule has 0 N–H and O–H groups in total. The van der Waals surface area contributed by atoms with Crippen LogP contribution < -0.4 is 0 Å². The molecule has 1 saturated heterocycles. The molecule has 5 heteroatoms. The van der Waals surface area contributed by atoms with Crippen molar-refractivity contribution in [3.8, 4) is 0 Å². The largest absolute Gasteiger partial charge is 0.744 e. The molecule has 0 bridgehead atoms. The maximum absolute atomic E-state index is 10.4. The maximum Gasteiger partial charge on any atom is 0.154 e. The third kappa shape index (κ3) is 5.16. The topological polar surface area (TPSA) is 57.2 Å². The Morgan fingerprint density at radius 1 is 0.909 bits per heavy atom. The first-order chi connectivity index (χ1) is 10.5. The quantitative estimate of drug-likeness (QED) is 0.624. The number of hydrogen-bond donors (Lipinski definition) is 0. The predicted molar refractivity (Wildman–Crippen MR) is 90.2 cm³/mol. The average Bonchev–Trinajstić information content (AvgIpc) is 3.03. The molecule has 1 aliphatic rings. The summed E-state index contributed by atoms with van der Waals surface area (Å²) in [6, 6.07) is 16.7. The lowest BCUT2D eigenvalue weighted by molar-refractivity contribution is 0.463. The summed E-state index contributed by atoms with van der Waals surface area (Å²) in [7, 11) is -3.66. The summed E-state index contributed by atoms with van der Waals surface area (Å²) >= 11 is 0. The zero-order chi connectivity index (χ0) is 16.0. The third-order valence-electron chi connectivity index (χ3n) is 3.42. The lowest BCUT2D eigenvalue weighted by Crippen LogP contribution is -2.02. The van der Waals surface area contributed by atoms with Crippen molar-refractivity contribution in [1.82, 2.24) is 0 Å². The molecular weight excluding hydrogens is 316 g/mol. The highest BCUT2D eigenvalue weighted by atomic mass is 32.2. The van der Waals surface area contributed by atoms with E-state index >= 15 is 0 Å². The third-order valence-corrected chi connectivity index (χ3v) is 6.77. The van der Waals surface area contributed by atoms with Crippen LogP contribution >= 0.6 is 0 Å². The monoisotopic (exact) mass is 336 g/mol. The van der Waals surface area contributed by atoms with Crippen LogP contribution in [-0.2, 0) is 21.0 Å². The molecule has 0 spiro atoms. The van der Waals surface area contributed by atoms with Gasteiger partial charge < -0.3 is 4.55 Å². The molecule has 0 amide bonds. The number of aryl methyl sites for hydroxylation is 1. The highest BCUT2D eigenvalue weighted by Crippen LogP contribution is 2.22. The van der Waals surface area contributed by atoms with Gasteiger partial charge in [0.25, 0.3) is 0 Å². The van der Waals surface area contributed by atoms with Gasteiger partial charge in [0.15, 0.2) is 4.90 Å². The molecule has 0 aromatic heterocycles. The van der Waals surface area contributed by atoms with Gasteiger partial charge in [-0.1, -0.05) is 35.9 Å². The standard InChI is InChI=1S/C10H13S.C7H8O3S/c1-2-6-10(7-3-1)11-8-4-5-9-11;1-6-2-4-7(5-3-6)11(8,9)10/h1-3,6-7H,4-5,8-9H2;2-5H,1H3,(H,8,9,10)/q+1;/p-1. The van der Waals surface area contributed by atoms with Crippen LogP contribution in [0.25, 0.3) is 0 Å².